The Hall–Kier alpha value is -2.90. The fourth-order valence-corrected chi connectivity index (χ4v) is 4.76. The van der Waals surface area contributed by atoms with Crippen LogP contribution in [0.5, 0.6) is 0 Å². The monoisotopic (exact) mass is 434 g/mol. The molecule has 2 heterocycles. The number of thiophene rings is 1. The Morgan fingerprint density at radius 1 is 1.07 bits per heavy atom. The topological polar surface area (TPSA) is 51.0 Å². The van der Waals surface area contributed by atoms with Gasteiger partial charge in [-0.2, -0.15) is 0 Å². The first kappa shape index (κ1) is 20.4. The van der Waals surface area contributed by atoms with Crippen molar-refractivity contribution in [1.82, 2.24) is 19.7 Å². The van der Waals surface area contributed by atoms with Gasteiger partial charge in [0.1, 0.15) is 0 Å². The molecule has 0 radical (unpaired) electrons. The average Bonchev–Trinajstić information content (AvgIpc) is 3.42. The third-order valence-corrected chi connectivity index (χ3v) is 6.42. The SMILES string of the molecule is Cc1cccc(-c2nnc(SCC(=O)N(C)Cc3cccs3)n2-c2ccccc2)c1. The Morgan fingerprint density at radius 3 is 2.63 bits per heavy atom. The fraction of sp³-hybridized carbons (Fsp3) is 0.174. The zero-order chi connectivity index (χ0) is 20.9. The summed E-state index contributed by atoms with van der Waals surface area (Å²) in [4.78, 5) is 15.6. The summed E-state index contributed by atoms with van der Waals surface area (Å²) in [7, 11) is 1.84. The molecule has 4 rings (SSSR count). The Balaban J connectivity index is 1.58. The minimum absolute atomic E-state index is 0.0631. The van der Waals surface area contributed by atoms with E-state index in [4.69, 9.17) is 0 Å². The van der Waals surface area contributed by atoms with Crippen molar-refractivity contribution in [3.63, 3.8) is 0 Å². The van der Waals surface area contributed by atoms with Crippen LogP contribution in [0.1, 0.15) is 10.4 Å². The lowest BCUT2D eigenvalue weighted by atomic mass is 10.1. The molecule has 0 aliphatic heterocycles. The van der Waals surface area contributed by atoms with Gasteiger partial charge in [-0.15, -0.1) is 21.5 Å². The lowest BCUT2D eigenvalue weighted by molar-refractivity contribution is -0.127. The van der Waals surface area contributed by atoms with Crippen LogP contribution in [-0.4, -0.2) is 38.4 Å². The Bertz CT molecular complexity index is 1120. The second-order valence-corrected chi connectivity index (χ2v) is 8.94. The van der Waals surface area contributed by atoms with Gasteiger partial charge in [-0.1, -0.05) is 59.8 Å². The molecule has 0 saturated carbocycles. The van der Waals surface area contributed by atoms with E-state index in [0.29, 0.717) is 17.5 Å². The summed E-state index contributed by atoms with van der Waals surface area (Å²) in [6, 6.07) is 22.3. The van der Waals surface area contributed by atoms with Crippen LogP contribution in [-0.2, 0) is 11.3 Å². The van der Waals surface area contributed by atoms with Gasteiger partial charge in [0.25, 0.3) is 0 Å². The van der Waals surface area contributed by atoms with E-state index in [2.05, 4.69) is 29.3 Å². The molecular formula is C23H22N4OS2. The van der Waals surface area contributed by atoms with Crippen LogP contribution in [0.15, 0.2) is 77.3 Å². The van der Waals surface area contributed by atoms with Crippen molar-refractivity contribution in [3.05, 3.63) is 82.6 Å². The fourth-order valence-electron chi connectivity index (χ4n) is 3.11. The maximum absolute atomic E-state index is 12.7. The number of benzene rings is 2. The molecule has 0 N–H and O–H groups in total. The summed E-state index contributed by atoms with van der Waals surface area (Å²) in [5.74, 6) is 1.14. The molecule has 0 saturated heterocycles. The number of para-hydroxylation sites is 1. The molecular weight excluding hydrogens is 412 g/mol. The molecule has 0 fully saturated rings. The minimum Gasteiger partial charge on any atom is -0.340 e. The van der Waals surface area contributed by atoms with E-state index in [-0.39, 0.29) is 5.91 Å². The number of nitrogens with zero attached hydrogens (tertiary/aromatic N) is 4. The lowest BCUT2D eigenvalue weighted by Gasteiger charge is -2.16. The summed E-state index contributed by atoms with van der Waals surface area (Å²) in [5, 5.41) is 11.6. The van der Waals surface area contributed by atoms with Gasteiger partial charge >= 0.3 is 0 Å². The van der Waals surface area contributed by atoms with Crippen LogP contribution in [0.2, 0.25) is 0 Å². The van der Waals surface area contributed by atoms with E-state index in [0.717, 1.165) is 22.6 Å². The first-order valence-corrected chi connectivity index (χ1v) is 11.5. The molecule has 0 aliphatic carbocycles. The number of thioether (sulfide) groups is 1. The highest BCUT2D eigenvalue weighted by molar-refractivity contribution is 7.99. The highest BCUT2D eigenvalue weighted by Gasteiger charge is 2.18. The normalized spacial score (nSPS) is 10.9. The molecule has 2 aromatic carbocycles. The number of rotatable bonds is 7. The average molecular weight is 435 g/mol. The van der Waals surface area contributed by atoms with E-state index in [1.54, 1.807) is 16.2 Å². The first-order valence-electron chi connectivity index (χ1n) is 9.59. The van der Waals surface area contributed by atoms with Gasteiger partial charge in [-0.05, 0) is 36.6 Å². The molecule has 4 aromatic rings. The minimum atomic E-state index is 0.0631. The number of aromatic nitrogens is 3. The summed E-state index contributed by atoms with van der Waals surface area (Å²) in [6.07, 6.45) is 0. The quantitative estimate of drug-likeness (QED) is 0.382. The molecule has 0 bridgehead atoms. The maximum atomic E-state index is 12.7. The molecule has 5 nitrogen and oxygen atoms in total. The Morgan fingerprint density at radius 2 is 1.90 bits per heavy atom. The standard InChI is InChI=1S/C23H22N4OS2/c1-17-8-6-9-18(14-17)22-24-25-23(27(22)19-10-4-3-5-11-19)30-16-21(28)26(2)15-20-12-7-13-29-20/h3-14H,15-16H2,1-2H3. The summed E-state index contributed by atoms with van der Waals surface area (Å²) < 4.78 is 2.02. The number of carbonyl (C=O) groups is 1. The van der Waals surface area contributed by atoms with Crippen LogP contribution in [0, 0.1) is 6.92 Å². The second-order valence-electron chi connectivity index (χ2n) is 6.96. The van der Waals surface area contributed by atoms with Gasteiger partial charge in [0, 0.05) is 23.2 Å². The highest BCUT2D eigenvalue weighted by Crippen LogP contribution is 2.28. The van der Waals surface area contributed by atoms with Gasteiger partial charge < -0.3 is 4.90 Å². The van der Waals surface area contributed by atoms with Gasteiger partial charge in [-0.3, -0.25) is 9.36 Å². The summed E-state index contributed by atoms with van der Waals surface area (Å²) >= 11 is 3.07. The van der Waals surface area contributed by atoms with Crippen molar-refractivity contribution in [2.45, 2.75) is 18.6 Å². The smallest absolute Gasteiger partial charge is 0.233 e. The lowest BCUT2D eigenvalue weighted by Crippen LogP contribution is -2.27. The van der Waals surface area contributed by atoms with Crippen molar-refractivity contribution in [2.24, 2.45) is 0 Å². The predicted molar refractivity (Wildman–Crippen MR) is 123 cm³/mol. The molecule has 152 valence electrons. The summed E-state index contributed by atoms with van der Waals surface area (Å²) in [6.45, 7) is 2.68. The van der Waals surface area contributed by atoms with E-state index < -0.39 is 0 Å². The molecule has 7 heteroatoms. The molecule has 0 aliphatic rings. The first-order chi connectivity index (χ1) is 14.6. The largest absolute Gasteiger partial charge is 0.340 e. The molecule has 30 heavy (non-hydrogen) atoms. The molecule has 1 amide bonds. The third-order valence-electron chi connectivity index (χ3n) is 4.65. The number of carbonyl (C=O) groups excluding carboxylic acids is 1. The zero-order valence-corrected chi connectivity index (χ0v) is 18.5. The van der Waals surface area contributed by atoms with Crippen molar-refractivity contribution >= 4 is 29.0 Å². The van der Waals surface area contributed by atoms with E-state index in [9.17, 15) is 4.79 Å². The van der Waals surface area contributed by atoms with E-state index in [1.165, 1.54) is 16.6 Å². The molecule has 0 spiro atoms. The number of amides is 1. The Labute approximate surface area is 184 Å². The molecule has 0 unspecified atom stereocenters. The molecule has 0 atom stereocenters. The molecule has 2 aromatic heterocycles. The Kier molecular flexibility index (Phi) is 6.30. The van der Waals surface area contributed by atoms with Crippen molar-refractivity contribution in [3.8, 4) is 17.1 Å². The number of hydrogen-bond donors (Lipinski definition) is 0. The van der Waals surface area contributed by atoms with Crippen LogP contribution in [0.4, 0.5) is 0 Å². The van der Waals surface area contributed by atoms with Gasteiger partial charge in [0.2, 0.25) is 5.91 Å². The van der Waals surface area contributed by atoms with Gasteiger partial charge in [0.15, 0.2) is 11.0 Å². The number of aryl methyl sites for hydroxylation is 1. The van der Waals surface area contributed by atoms with Crippen LogP contribution >= 0.6 is 23.1 Å². The number of hydrogen-bond acceptors (Lipinski definition) is 5. The van der Waals surface area contributed by atoms with Crippen molar-refractivity contribution in [2.75, 3.05) is 12.8 Å². The van der Waals surface area contributed by atoms with E-state index in [1.807, 2.05) is 71.6 Å². The van der Waals surface area contributed by atoms with Crippen molar-refractivity contribution in [1.29, 1.82) is 0 Å². The predicted octanol–water partition coefficient (Wildman–Crippen LogP) is 5.05. The third kappa shape index (κ3) is 4.63. The second kappa shape index (κ2) is 9.28. The van der Waals surface area contributed by atoms with Crippen LogP contribution in [0.3, 0.4) is 0 Å². The highest BCUT2D eigenvalue weighted by atomic mass is 32.2. The summed E-state index contributed by atoms with van der Waals surface area (Å²) in [5.41, 5.74) is 3.13. The van der Waals surface area contributed by atoms with Crippen molar-refractivity contribution < 1.29 is 4.79 Å². The zero-order valence-electron chi connectivity index (χ0n) is 16.9. The maximum Gasteiger partial charge on any atom is 0.233 e. The van der Waals surface area contributed by atoms with E-state index >= 15 is 0 Å². The van der Waals surface area contributed by atoms with Crippen LogP contribution in [0.25, 0.3) is 17.1 Å². The van der Waals surface area contributed by atoms with Crippen LogP contribution < -0.4 is 0 Å². The van der Waals surface area contributed by atoms with Gasteiger partial charge in [0.05, 0.1) is 12.3 Å². The van der Waals surface area contributed by atoms with Gasteiger partial charge in [-0.25, -0.2) is 0 Å².